The number of hydrogen-bond acceptors (Lipinski definition) is 2. The maximum absolute atomic E-state index is 14.8. The van der Waals surface area contributed by atoms with E-state index in [1.807, 2.05) is 30.3 Å². The van der Waals surface area contributed by atoms with Crippen LogP contribution in [0.1, 0.15) is 70.3 Å². The second-order valence-electron chi connectivity index (χ2n) is 8.03. The van der Waals surface area contributed by atoms with Gasteiger partial charge in [-0.2, -0.15) is 5.26 Å². The fourth-order valence-corrected chi connectivity index (χ4v) is 4.37. The number of nitriles is 1. The summed E-state index contributed by atoms with van der Waals surface area (Å²) in [4.78, 5) is 0. The molecule has 0 N–H and O–H groups in total. The van der Waals surface area contributed by atoms with Crippen LogP contribution in [0.15, 0.2) is 42.5 Å². The zero-order chi connectivity index (χ0) is 20.0. The van der Waals surface area contributed by atoms with Crippen LogP contribution in [-0.4, -0.2) is 6.61 Å². The third-order valence-corrected chi connectivity index (χ3v) is 6.01. The molecule has 3 heteroatoms. The summed E-state index contributed by atoms with van der Waals surface area (Å²) in [6.07, 6.45) is 6.76. The van der Waals surface area contributed by atoms with Gasteiger partial charge in [-0.15, -0.1) is 0 Å². The van der Waals surface area contributed by atoms with Gasteiger partial charge in [-0.05, 0) is 73.8 Å². The zero-order valence-electron chi connectivity index (χ0n) is 17.0. The Morgan fingerprint density at radius 3 is 2.36 bits per heavy atom. The summed E-state index contributed by atoms with van der Waals surface area (Å²) in [6, 6.07) is 15.8. The van der Waals surface area contributed by atoms with Crippen LogP contribution in [0.4, 0.5) is 4.39 Å². The number of nitrogens with zero attached hydrogens (tertiary/aromatic N) is 1. The average Bonchev–Trinajstić information content (AvgIpc) is 2.73. The van der Waals surface area contributed by atoms with Gasteiger partial charge in [-0.1, -0.05) is 44.5 Å². The second-order valence-corrected chi connectivity index (χ2v) is 8.03. The van der Waals surface area contributed by atoms with Crippen molar-refractivity contribution in [1.29, 1.82) is 5.26 Å². The third kappa shape index (κ3) is 4.55. The lowest BCUT2D eigenvalue weighted by Crippen LogP contribution is -2.25. The number of halogens is 1. The topological polar surface area (TPSA) is 33.0 Å². The minimum absolute atomic E-state index is 0.161. The molecule has 0 amide bonds. The molecule has 148 valence electrons. The molecule has 0 radical (unpaired) electrons. The molecule has 2 aromatic carbocycles. The number of rotatable bonds is 7. The quantitative estimate of drug-likeness (QED) is 0.507. The summed E-state index contributed by atoms with van der Waals surface area (Å²) in [5, 5.41) is 9.58. The molecule has 0 bridgehead atoms. The van der Waals surface area contributed by atoms with E-state index in [-0.39, 0.29) is 11.2 Å². The minimum Gasteiger partial charge on any atom is -0.494 e. The third-order valence-electron chi connectivity index (χ3n) is 6.01. The zero-order valence-corrected chi connectivity index (χ0v) is 17.0. The van der Waals surface area contributed by atoms with Crippen molar-refractivity contribution in [3.8, 4) is 22.9 Å². The predicted octanol–water partition coefficient (Wildman–Crippen LogP) is 7.25. The molecule has 0 aromatic heterocycles. The highest BCUT2D eigenvalue weighted by molar-refractivity contribution is 5.65. The van der Waals surface area contributed by atoms with Gasteiger partial charge in [0.25, 0.3) is 0 Å². The van der Waals surface area contributed by atoms with Crippen molar-refractivity contribution < 1.29 is 9.13 Å². The molecule has 0 spiro atoms. The number of hydrogen-bond donors (Lipinski definition) is 0. The van der Waals surface area contributed by atoms with E-state index in [9.17, 15) is 9.65 Å². The van der Waals surface area contributed by atoms with Crippen molar-refractivity contribution in [1.82, 2.24) is 0 Å². The standard InChI is InChI=1S/C25H30FNO/c1-3-13-25(18-27)14-11-19(12-15-25)21-7-10-23(24(26)17-21)20-5-8-22(9-6-20)28-16-4-2/h5-10,17,19H,3-4,11-16H2,1-2H3. The first kappa shape index (κ1) is 20.4. The Balaban J connectivity index is 1.70. The number of benzene rings is 2. The molecule has 1 fully saturated rings. The van der Waals surface area contributed by atoms with Gasteiger partial charge in [0.05, 0.1) is 18.1 Å². The summed E-state index contributed by atoms with van der Waals surface area (Å²) in [7, 11) is 0. The van der Waals surface area contributed by atoms with Crippen LogP contribution in [0.25, 0.3) is 11.1 Å². The molecule has 28 heavy (non-hydrogen) atoms. The average molecular weight is 380 g/mol. The SMILES string of the molecule is CCCOc1ccc(-c2ccc(C3CCC(C#N)(CCC)CC3)cc2F)cc1. The van der Waals surface area contributed by atoms with Gasteiger partial charge in [0.15, 0.2) is 0 Å². The summed E-state index contributed by atoms with van der Waals surface area (Å²) in [5.41, 5.74) is 2.39. The van der Waals surface area contributed by atoms with E-state index >= 15 is 0 Å². The first-order valence-corrected chi connectivity index (χ1v) is 10.5. The maximum atomic E-state index is 14.8. The lowest BCUT2D eigenvalue weighted by atomic mass is 9.68. The molecular formula is C25H30FNO. The lowest BCUT2D eigenvalue weighted by Gasteiger charge is -2.35. The fraction of sp³-hybridized carbons (Fsp3) is 0.480. The molecule has 0 unspecified atom stereocenters. The van der Waals surface area contributed by atoms with Crippen LogP contribution in [0, 0.1) is 22.6 Å². The number of ether oxygens (including phenoxy) is 1. The maximum Gasteiger partial charge on any atom is 0.131 e. The Morgan fingerprint density at radius 1 is 1.07 bits per heavy atom. The molecule has 3 rings (SSSR count). The van der Waals surface area contributed by atoms with Gasteiger partial charge in [0.2, 0.25) is 0 Å². The summed E-state index contributed by atoms with van der Waals surface area (Å²) < 4.78 is 20.5. The predicted molar refractivity (Wildman–Crippen MR) is 112 cm³/mol. The highest BCUT2D eigenvalue weighted by atomic mass is 19.1. The van der Waals surface area contributed by atoms with Crippen LogP contribution in [0.3, 0.4) is 0 Å². The lowest BCUT2D eigenvalue weighted by molar-refractivity contribution is 0.227. The van der Waals surface area contributed by atoms with Crippen LogP contribution in [0.5, 0.6) is 5.75 Å². The van der Waals surface area contributed by atoms with E-state index in [0.717, 1.165) is 61.8 Å². The molecule has 0 aliphatic heterocycles. The van der Waals surface area contributed by atoms with Crippen LogP contribution in [-0.2, 0) is 0 Å². The fourth-order valence-electron chi connectivity index (χ4n) is 4.37. The van der Waals surface area contributed by atoms with Crippen molar-refractivity contribution in [2.75, 3.05) is 6.61 Å². The summed E-state index contributed by atoms with van der Waals surface area (Å²) >= 11 is 0. The van der Waals surface area contributed by atoms with E-state index in [2.05, 4.69) is 26.0 Å². The van der Waals surface area contributed by atoms with Gasteiger partial charge in [-0.25, -0.2) is 4.39 Å². The van der Waals surface area contributed by atoms with Gasteiger partial charge in [-0.3, -0.25) is 0 Å². The van der Waals surface area contributed by atoms with Crippen LogP contribution < -0.4 is 4.74 Å². The van der Waals surface area contributed by atoms with Gasteiger partial charge >= 0.3 is 0 Å². The second kappa shape index (κ2) is 9.24. The smallest absolute Gasteiger partial charge is 0.131 e. The molecule has 2 nitrogen and oxygen atoms in total. The summed E-state index contributed by atoms with van der Waals surface area (Å²) in [6.45, 7) is 4.90. The van der Waals surface area contributed by atoms with E-state index in [1.54, 1.807) is 6.07 Å². The molecule has 1 aliphatic carbocycles. The van der Waals surface area contributed by atoms with Crippen molar-refractivity contribution in [2.45, 2.75) is 64.7 Å². The molecule has 2 aromatic rings. The molecule has 0 atom stereocenters. The Hall–Kier alpha value is -2.34. The van der Waals surface area contributed by atoms with Crippen molar-refractivity contribution >= 4 is 0 Å². The largest absolute Gasteiger partial charge is 0.494 e. The van der Waals surface area contributed by atoms with Crippen molar-refractivity contribution in [3.63, 3.8) is 0 Å². The van der Waals surface area contributed by atoms with Gasteiger partial charge in [0, 0.05) is 5.56 Å². The first-order chi connectivity index (χ1) is 13.6. The van der Waals surface area contributed by atoms with Crippen molar-refractivity contribution in [3.05, 3.63) is 53.8 Å². The summed E-state index contributed by atoms with van der Waals surface area (Å²) in [5.74, 6) is 0.995. The van der Waals surface area contributed by atoms with Gasteiger partial charge in [0.1, 0.15) is 11.6 Å². The van der Waals surface area contributed by atoms with E-state index in [4.69, 9.17) is 4.74 Å². The Morgan fingerprint density at radius 2 is 1.79 bits per heavy atom. The molecular weight excluding hydrogens is 349 g/mol. The van der Waals surface area contributed by atoms with Crippen LogP contribution >= 0.6 is 0 Å². The van der Waals surface area contributed by atoms with Gasteiger partial charge < -0.3 is 4.74 Å². The Labute approximate surface area is 168 Å². The molecule has 0 heterocycles. The monoisotopic (exact) mass is 379 g/mol. The normalized spacial score (nSPS) is 21.9. The Kier molecular flexibility index (Phi) is 6.73. The highest BCUT2D eigenvalue weighted by Crippen LogP contribution is 2.45. The highest BCUT2D eigenvalue weighted by Gasteiger charge is 2.35. The van der Waals surface area contributed by atoms with E-state index in [1.165, 1.54) is 0 Å². The van der Waals surface area contributed by atoms with Crippen molar-refractivity contribution in [2.24, 2.45) is 5.41 Å². The first-order valence-electron chi connectivity index (χ1n) is 10.5. The molecule has 1 aliphatic rings. The van der Waals surface area contributed by atoms with Crippen LogP contribution in [0.2, 0.25) is 0 Å². The molecule has 0 saturated heterocycles. The van der Waals surface area contributed by atoms with E-state index in [0.29, 0.717) is 18.1 Å². The van der Waals surface area contributed by atoms with E-state index < -0.39 is 0 Å². The Bertz CT molecular complexity index is 813. The molecule has 1 saturated carbocycles. The minimum atomic E-state index is -0.176.